The molecule has 0 saturated heterocycles. The van der Waals surface area contributed by atoms with Gasteiger partial charge in [-0.05, 0) is 24.6 Å². The summed E-state index contributed by atoms with van der Waals surface area (Å²) in [4.78, 5) is 45.4. The summed E-state index contributed by atoms with van der Waals surface area (Å²) in [7, 11) is 2.41. The molecule has 166 valence electrons. The third-order valence-electron chi connectivity index (χ3n) is 5.09. The van der Waals surface area contributed by atoms with E-state index in [0.717, 1.165) is 5.69 Å². The molecule has 2 aromatic rings. The van der Waals surface area contributed by atoms with Crippen molar-refractivity contribution in [2.45, 2.75) is 31.3 Å². The largest absolute Gasteiger partial charge is 0.469 e. The van der Waals surface area contributed by atoms with Gasteiger partial charge < -0.3 is 24.7 Å². The van der Waals surface area contributed by atoms with Crippen molar-refractivity contribution < 1.29 is 28.2 Å². The van der Waals surface area contributed by atoms with Crippen LogP contribution in [-0.2, 0) is 25.5 Å². The third kappa shape index (κ3) is 4.96. The average molecular weight is 453 g/mol. The standard InChI is InChI=1S/C20H22ClFN4O5/c1-30-16(27)6-5-15(19(28)31-2)25-20(29)26-8-7-14-17(24-10-23-14)18(26)12-9-11(21)3-4-13(12)22/h3-4,9-10,15,18H,5-8H2,1-2H3,(H,23,24)(H,25,29)/t15-,18+/m1/s1. The molecule has 1 aromatic carbocycles. The number of benzene rings is 1. The number of H-pyrrole nitrogens is 1. The molecule has 3 rings (SSSR count). The van der Waals surface area contributed by atoms with Gasteiger partial charge in [-0.3, -0.25) is 4.79 Å². The van der Waals surface area contributed by atoms with Crippen LogP contribution in [0.1, 0.15) is 35.8 Å². The van der Waals surface area contributed by atoms with Gasteiger partial charge in [-0.15, -0.1) is 0 Å². The lowest BCUT2D eigenvalue weighted by Crippen LogP contribution is -2.51. The number of halogens is 2. The van der Waals surface area contributed by atoms with Crippen molar-refractivity contribution in [1.29, 1.82) is 0 Å². The molecular weight excluding hydrogens is 431 g/mol. The number of amides is 2. The summed E-state index contributed by atoms with van der Waals surface area (Å²) < 4.78 is 24.0. The Morgan fingerprint density at radius 2 is 2.13 bits per heavy atom. The number of carbonyl (C=O) groups excluding carboxylic acids is 3. The predicted octanol–water partition coefficient (Wildman–Crippen LogP) is 2.35. The minimum absolute atomic E-state index is 0.0111. The molecule has 0 saturated carbocycles. The fourth-order valence-corrected chi connectivity index (χ4v) is 3.70. The molecule has 11 heteroatoms. The molecule has 2 atom stereocenters. The first-order valence-corrected chi connectivity index (χ1v) is 9.92. The van der Waals surface area contributed by atoms with Crippen LogP contribution in [0, 0.1) is 5.82 Å². The van der Waals surface area contributed by atoms with Crippen LogP contribution in [0.25, 0.3) is 0 Å². The van der Waals surface area contributed by atoms with Crippen molar-refractivity contribution >= 4 is 29.6 Å². The number of hydrogen-bond acceptors (Lipinski definition) is 6. The molecule has 9 nitrogen and oxygen atoms in total. The molecule has 2 amide bonds. The number of nitrogens with one attached hydrogen (secondary N) is 2. The molecule has 0 unspecified atom stereocenters. The smallest absolute Gasteiger partial charge is 0.328 e. The summed E-state index contributed by atoms with van der Waals surface area (Å²) in [6, 6.07) is 1.52. The number of esters is 2. The maximum atomic E-state index is 14.7. The van der Waals surface area contributed by atoms with E-state index < -0.39 is 35.9 Å². The minimum Gasteiger partial charge on any atom is -0.469 e. The summed E-state index contributed by atoms with van der Waals surface area (Å²) in [6.07, 6.45) is 1.84. The fraction of sp³-hybridized carbons (Fsp3) is 0.400. The van der Waals surface area contributed by atoms with E-state index in [0.29, 0.717) is 17.1 Å². The molecule has 0 spiro atoms. The number of methoxy groups -OCH3 is 2. The van der Waals surface area contributed by atoms with Crippen molar-refractivity contribution in [3.8, 4) is 0 Å². The van der Waals surface area contributed by atoms with Gasteiger partial charge in [0.1, 0.15) is 17.9 Å². The minimum atomic E-state index is -1.08. The Morgan fingerprint density at radius 3 is 2.84 bits per heavy atom. The van der Waals surface area contributed by atoms with Crippen LogP contribution in [-0.4, -0.2) is 59.6 Å². The van der Waals surface area contributed by atoms with Crippen LogP contribution >= 0.6 is 11.6 Å². The van der Waals surface area contributed by atoms with Crippen LogP contribution < -0.4 is 5.32 Å². The van der Waals surface area contributed by atoms with Gasteiger partial charge in [-0.1, -0.05) is 11.6 Å². The summed E-state index contributed by atoms with van der Waals surface area (Å²) in [5.74, 6) is -1.78. The van der Waals surface area contributed by atoms with E-state index in [-0.39, 0.29) is 24.9 Å². The lowest BCUT2D eigenvalue weighted by atomic mass is 9.95. The molecule has 0 radical (unpaired) electrons. The fourth-order valence-electron chi connectivity index (χ4n) is 3.52. The molecule has 2 N–H and O–H groups in total. The van der Waals surface area contributed by atoms with Gasteiger partial charge in [0.2, 0.25) is 0 Å². The summed E-state index contributed by atoms with van der Waals surface area (Å²) in [5.41, 5.74) is 1.45. The van der Waals surface area contributed by atoms with E-state index in [2.05, 4.69) is 20.0 Å². The third-order valence-corrected chi connectivity index (χ3v) is 5.32. The van der Waals surface area contributed by atoms with Gasteiger partial charge in [0, 0.05) is 35.7 Å². The maximum absolute atomic E-state index is 14.7. The van der Waals surface area contributed by atoms with Gasteiger partial charge in [-0.2, -0.15) is 0 Å². The second kappa shape index (κ2) is 9.78. The Balaban J connectivity index is 1.89. The number of imidazole rings is 1. The first kappa shape index (κ1) is 22.5. The quantitative estimate of drug-likeness (QED) is 0.650. The van der Waals surface area contributed by atoms with E-state index in [1.165, 1.54) is 43.6 Å². The van der Waals surface area contributed by atoms with Gasteiger partial charge in [0.05, 0.1) is 26.2 Å². The van der Waals surface area contributed by atoms with Crippen LogP contribution in [0.3, 0.4) is 0 Å². The van der Waals surface area contributed by atoms with Crippen LogP contribution in [0.5, 0.6) is 0 Å². The number of rotatable bonds is 6. The zero-order valence-corrected chi connectivity index (χ0v) is 17.7. The molecular formula is C20H22ClFN4O5. The van der Waals surface area contributed by atoms with Gasteiger partial charge in [-0.25, -0.2) is 19.0 Å². The molecule has 1 aliphatic heterocycles. The number of hydrogen-bond donors (Lipinski definition) is 2. The van der Waals surface area contributed by atoms with Gasteiger partial charge in [0.25, 0.3) is 0 Å². The average Bonchev–Trinajstić information content (AvgIpc) is 3.25. The van der Waals surface area contributed by atoms with Crippen molar-refractivity contribution in [2.24, 2.45) is 0 Å². The number of urea groups is 1. The zero-order valence-electron chi connectivity index (χ0n) is 17.0. The lowest BCUT2D eigenvalue weighted by Gasteiger charge is -2.36. The number of carbonyl (C=O) groups is 3. The second-order valence-electron chi connectivity index (χ2n) is 6.92. The Labute approximate surface area is 182 Å². The molecule has 0 fully saturated rings. The Bertz CT molecular complexity index is 982. The summed E-state index contributed by atoms with van der Waals surface area (Å²) in [5, 5.41) is 2.90. The zero-order chi connectivity index (χ0) is 22.5. The van der Waals surface area contributed by atoms with Gasteiger partial charge >= 0.3 is 18.0 Å². The van der Waals surface area contributed by atoms with E-state index in [9.17, 15) is 18.8 Å². The van der Waals surface area contributed by atoms with Crippen molar-refractivity contribution in [2.75, 3.05) is 20.8 Å². The molecule has 1 aromatic heterocycles. The van der Waals surface area contributed by atoms with E-state index in [4.69, 9.17) is 16.3 Å². The first-order chi connectivity index (χ1) is 14.8. The highest BCUT2D eigenvalue weighted by atomic mass is 35.5. The van der Waals surface area contributed by atoms with Crippen LogP contribution in [0.4, 0.5) is 9.18 Å². The first-order valence-electron chi connectivity index (χ1n) is 9.54. The van der Waals surface area contributed by atoms with Gasteiger partial charge in [0.15, 0.2) is 0 Å². The molecule has 1 aliphatic rings. The molecule has 0 bridgehead atoms. The second-order valence-corrected chi connectivity index (χ2v) is 7.35. The molecule has 31 heavy (non-hydrogen) atoms. The van der Waals surface area contributed by atoms with Crippen LogP contribution in [0.15, 0.2) is 24.5 Å². The monoisotopic (exact) mass is 452 g/mol. The molecule has 2 heterocycles. The Morgan fingerprint density at radius 1 is 1.35 bits per heavy atom. The van der Waals surface area contributed by atoms with Crippen molar-refractivity contribution in [3.63, 3.8) is 0 Å². The number of fused-ring (bicyclic) bond motifs is 1. The van der Waals surface area contributed by atoms with Crippen molar-refractivity contribution in [1.82, 2.24) is 20.2 Å². The van der Waals surface area contributed by atoms with E-state index in [1.54, 1.807) is 0 Å². The number of nitrogens with zero attached hydrogens (tertiary/aromatic N) is 2. The predicted molar refractivity (Wildman–Crippen MR) is 108 cm³/mol. The number of ether oxygens (including phenoxy) is 2. The number of aromatic nitrogens is 2. The summed E-state index contributed by atoms with van der Waals surface area (Å²) in [6.45, 7) is 0.239. The highest BCUT2D eigenvalue weighted by molar-refractivity contribution is 6.30. The highest BCUT2D eigenvalue weighted by Gasteiger charge is 2.37. The topological polar surface area (TPSA) is 114 Å². The SMILES string of the molecule is COC(=O)CC[C@@H](NC(=O)N1CCc2[nH]cnc2[C@@H]1c1cc(Cl)ccc1F)C(=O)OC. The van der Waals surface area contributed by atoms with E-state index >= 15 is 0 Å². The van der Waals surface area contributed by atoms with E-state index in [1.807, 2.05) is 0 Å². The number of aromatic amines is 1. The highest BCUT2D eigenvalue weighted by Crippen LogP contribution is 2.35. The Hall–Kier alpha value is -3.14. The normalized spacial score (nSPS) is 16.3. The van der Waals surface area contributed by atoms with Crippen LogP contribution in [0.2, 0.25) is 5.02 Å². The maximum Gasteiger partial charge on any atom is 0.328 e. The molecule has 0 aliphatic carbocycles. The summed E-state index contributed by atoms with van der Waals surface area (Å²) >= 11 is 6.07. The lowest BCUT2D eigenvalue weighted by molar-refractivity contribution is -0.144. The van der Waals surface area contributed by atoms with Crippen molar-refractivity contribution in [3.05, 3.63) is 52.3 Å². The Kier molecular flexibility index (Phi) is 7.11.